The van der Waals surface area contributed by atoms with E-state index < -0.39 is 26.8 Å². The Bertz CT molecular complexity index is 728. The molecule has 2 fully saturated rings. The van der Waals surface area contributed by atoms with Crippen molar-refractivity contribution in [3.8, 4) is 0 Å². The zero-order valence-electron chi connectivity index (χ0n) is 13.4. The monoisotopic (exact) mass is 397 g/mol. The van der Waals surface area contributed by atoms with E-state index in [0.717, 1.165) is 31.6 Å². The van der Waals surface area contributed by atoms with Crippen molar-refractivity contribution in [2.75, 3.05) is 39.3 Å². The minimum absolute atomic E-state index is 0.267. The van der Waals surface area contributed by atoms with Crippen molar-refractivity contribution in [2.45, 2.75) is 23.5 Å². The van der Waals surface area contributed by atoms with Gasteiger partial charge in [-0.1, -0.05) is 11.6 Å². The molecule has 0 bridgehead atoms. The summed E-state index contributed by atoms with van der Waals surface area (Å²) in [5, 5.41) is 2.76. The minimum Gasteiger partial charge on any atom is -0.315 e. The molecule has 1 aromatic rings. The molecule has 1 unspecified atom stereocenters. The highest BCUT2D eigenvalue weighted by Crippen LogP contribution is 2.36. The third-order valence-corrected chi connectivity index (χ3v) is 6.93. The average Bonchev–Trinajstić information content (AvgIpc) is 3.08. The van der Waals surface area contributed by atoms with Crippen molar-refractivity contribution in [1.82, 2.24) is 14.5 Å². The number of sulfonamides is 1. The maximum absolute atomic E-state index is 13.0. The van der Waals surface area contributed by atoms with Crippen molar-refractivity contribution in [2.24, 2.45) is 0 Å². The van der Waals surface area contributed by atoms with E-state index >= 15 is 0 Å². The van der Waals surface area contributed by atoms with Gasteiger partial charge in [0, 0.05) is 38.8 Å². The van der Waals surface area contributed by atoms with Crippen LogP contribution in [-0.2, 0) is 16.2 Å². The first kappa shape index (κ1) is 18.9. The maximum atomic E-state index is 13.0. The van der Waals surface area contributed by atoms with Gasteiger partial charge in [0.15, 0.2) is 0 Å². The Hall–Kier alpha value is -0.870. The Morgan fingerprint density at radius 1 is 1.16 bits per heavy atom. The lowest BCUT2D eigenvalue weighted by Crippen LogP contribution is -2.52. The number of nitrogens with one attached hydrogen (secondary N) is 1. The molecule has 25 heavy (non-hydrogen) atoms. The SMILES string of the molecule is O=S(=O)(c1ccc(Cl)c(C(F)(F)F)c1)N1CCN(C2CCNC2)CC1. The molecule has 0 aromatic heterocycles. The van der Waals surface area contributed by atoms with Crippen LogP contribution in [0.15, 0.2) is 23.1 Å². The summed E-state index contributed by atoms with van der Waals surface area (Å²) in [5.74, 6) is 0. The summed E-state index contributed by atoms with van der Waals surface area (Å²) in [6, 6.07) is 3.13. The average molecular weight is 398 g/mol. The van der Waals surface area contributed by atoms with E-state index in [1.165, 1.54) is 4.31 Å². The number of alkyl halides is 3. The molecule has 0 saturated carbocycles. The lowest BCUT2D eigenvalue weighted by molar-refractivity contribution is -0.137. The van der Waals surface area contributed by atoms with Crippen molar-refractivity contribution in [3.63, 3.8) is 0 Å². The quantitative estimate of drug-likeness (QED) is 0.848. The molecule has 3 rings (SSSR count). The normalized spacial score (nSPS) is 23.9. The standard InChI is InChI=1S/C15H19ClF3N3O2S/c16-14-2-1-12(9-13(14)15(17,18)19)25(23,24)22-7-5-21(6-8-22)11-3-4-20-10-11/h1-2,9,11,20H,3-8,10H2. The molecular weight excluding hydrogens is 379 g/mol. The van der Waals surface area contributed by atoms with Gasteiger partial charge in [0.05, 0.1) is 15.5 Å². The van der Waals surface area contributed by atoms with Gasteiger partial charge in [0.1, 0.15) is 0 Å². The number of halogens is 4. The van der Waals surface area contributed by atoms with Crippen LogP contribution in [0.25, 0.3) is 0 Å². The lowest BCUT2D eigenvalue weighted by Gasteiger charge is -2.37. The molecule has 10 heteroatoms. The van der Waals surface area contributed by atoms with Crippen LogP contribution in [0.4, 0.5) is 13.2 Å². The van der Waals surface area contributed by atoms with Gasteiger partial charge in [-0.05, 0) is 31.2 Å². The Morgan fingerprint density at radius 2 is 1.84 bits per heavy atom. The molecular formula is C15H19ClF3N3O2S. The largest absolute Gasteiger partial charge is 0.417 e. The van der Waals surface area contributed by atoms with Crippen molar-refractivity contribution >= 4 is 21.6 Å². The molecule has 2 aliphatic heterocycles. The van der Waals surface area contributed by atoms with Crippen LogP contribution in [-0.4, -0.2) is 62.9 Å². The van der Waals surface area contributed by atoms with E-state index in [0.29, 0.717) is 25.2 Å². The molecule has 0 amide bonds. The molecule has 2 aliphatic rings. The lowest BCUT2D eigenvalue weighted by atomic mass is 10.2. The summed E-state index contributed by atoms with van der Waals surface area (Å²) in [7, 11) is -3.98. The molecule has 1 aromatic carbocycles. The molecule has 0 radical (unpaired) electrons. The Kier molecular flexibility index (Phi) is 5.32. The van der Waals surface area contributed by atoms with E-state index in [2.05, 4.69) is 10.2 Å². The summed E-state index contributed by atoms with van der Waals surface area (Å²) in [6.45, 7) is 3.52. The van der Waals surface area contributed by atoms with Crippen LogP contribution in [0.3, 0.4) is 0 Å². The van der Waals surface area contributed by atoms with Gasteiger partial charge in [0.25, 0.3) is 0 Å². The van der Waals surface area contributed by atoms with Crippen molar-refractivity contribution in [1.29, 1.82) is 0 Å². The highest BCUT2D eigenvalue weighted by molar-refractivity contribution is 7.89. The number of nitrogens with zero attached hydrogens (tertiary/aromatic N) is 2. The summed E-state index contributed by atoms with van der Waals surface area (Å²) in [5.41, 5.74) is -1.13. The number of hydrogen-bond acceptors (Lipinski definition) is 4. The molecule has 1 N–H and O–H groups in total. The summed E-state index contributed by atoms with van der Waals surface area (Å²) < 4.78 is 65.6. The van der Waals surface area contributed by atoms with E-state index in [9.17, 15) is 21.6 Å². The summed E-state index contributed by atoms with van der Waals surface area (Å²) in [4.78, 5) is 1.86. The number of rotatable bonds is 3. The third kappa shape index (κ3) is 3.95. The smallest absolute Gasteiger partial charge is 0.315 e. The van der Waals surface area contributed by atoms with Gasteiger partial charge < -0.3 is 5.32 Å². The van der Waals surface area contributed by atoms with Gasteiger partial charge in [-0.2, -0.15) is 17.5 Å². The summed E-state index contributed by atoms with van der Waals surface area (Å²) in [6.07, 6.45) is -3.67. The fourth-order valence-corrected chi connectivity index (χ4v) is 4.96. The highest BCUT2D eigenvalue weighted by atomic mass is 35.5. The van der Waals surface area contributed by atoms with Crippen LogP contribution in [0.1, 0.15) is 12.0 Å². The van der Waals surface area contributed by atoms with E-state index in [1.54, 1.807) is 0 Å². The van der Waals surface area contributed by atoms with E-state index in [1.807, 2.05) is 0 Å². The first-order valence-electron chi connectivity index (χ1n) is 8.01. The Labute approximate surface area is 149 Å². The highest BCUT2D eigenvalue weighted by Gasteiger charge is 2.36. The van der Waals surface area contributed by atoms with Gasteiger partial charge >= 0.3 is 6.18 Å². The van der Waals surface area contributed by atoms with E-state index in [-0.39, 0.29) is 18.0 Å². The molecule has 1 atom stereocenters. The first-order valence-corrected chi connectivity index (χ1v) is 9.83. The fraction of sp³-hybridized carbons (Fsp3) is 0.600. The first-order chi connectivity index (χ1) is 11.7. The summed E-state index contributed by atoms with van der Waals surface area (Å²) >= 11 is 5.57. The maximum Gasteiger partial charge on any atom is 0.417 e. The topological polar surface area (TPSA) is 52.7 Å². The second kappa shape index (κ2) is 7.03. The van der Waals surface area contributed by atoms with Gasteiger partial charge in [-0.3, -0.25) is 4.90 Å². The number of piperazine rings is 1. The van der Waals surface area contributed by atoms with E-state index in [4.69, 9.17) is 11.6 Å². The molecule has 2 heterocycles. The molecule has 0 aliphatic carbocycles. The van der Waals surface area contributed by atoms with Gasteiger partial charge in [0.2, 0.25) is 10.0 Å². The van der Waals surface area contributed by atoms with Gasteiger partial charge in [-0.25, -0.2) is 8.42 Å². The van der Waals surface area contributed by atoms with Crippen molar-refractivity contribution < 1.29 is 21.6 Å². The van der Waals surface area contributed by atoms with Crippen LogP contribution in [0.2, 0.25) is 5.02 Å². The predicted molar refractivity (Wildman–Crippen MR) is 88.1 cm³/mol. The zero-order chi connectivity index (χ0) is 18.2. The predicted octanol–water partition coefficient (Wildman–Crippen LogP) is 2.03. The van der Waals surface area contributed by atoms with Crippen LogP contribution in [0, 0.1) is 0 Å². The number of hydrogen-bond donors (Lipinski definition) is 1. The number of benzene rings is 1. The minimum atomic E-state index is -4.70. The zero-order valence-corrected chi connectivity index (χ0v) is 15.0. The molecule has 2 saturated heterocycles. The molecule has 0 spiro atoms. The third-order valence-electron chi connectivity index (χ3n) is 4.70. The Balaban J connectivity index is 1.76. The molecule has 140 valence electrons. The second-order valence-electron chi connectivity index (χ2n) is 6.23. The van der Waals surface area contributed by atoms with Gasteiger partial charge in [-0.15, -0.1) is 0 Å². The fourth-order valence-electron chi connectivity index (χ4n) is 3.29. The Morgan fingerprint density at radius 3 is 2.40 bits per heavy atom. The molecule has 5 nitrogen and oxygen atoms in total. The van der Waals surface area contributed by atoms with Crippen LogP contribution in [0.5, 0.6) is 0 Å². The van der Waals surface area contributed by atoms with Crippen molar-refractivity contribution in [3.05, 3.63) is 28.8 Å². The second-order valence-corrected chi connectivity index (χ2v) is 8.57. The van der Waals surface area contributed by atoms with Crippen LogP contribution >= 0.6 is 11.6 Å². The van der Waals surface area contributed by atoms with Crippen LogP contribution < -0.4 is 5.32 Å².